The summed E-state index contributed by atoms with van der Waals surface area (Å²) in [6.07, 6.45) is 0.986. The van der Waals surface area contributed by atoms with E-state index in [9.17, 15) is 4.79 Å². The van der Waals surface area contributed by atoms with Gasteiger partial charge in [0.05, 0.1) is 32.9 Å². The molecule has 3 aromatic rings. The van der Waals surface area contributed by atoms with Crippen LogP contribution >= 0.6 is 58.2 Å². The van der Waals surface area contributed by atoms with E-state index in [1.54, 1.807) is 36.0 Å². The quantitative estimate of drug-likeness (QED) is 0.395. The zero-order chi connectivity index (χ0) is 21.0. The molecule has 0 saturated heterocycles. The van der Waals surface area contributed by atoms with E-state index in [2.05, 4.69) is 22.4 Å². The third-order valence-electron chi connectivity index (χ3n) is 3.88. The molecule has 0 fully saturated rings. The summed E-state index contributed by atoms with van der Waals surface area (Å²) in [5, 5.41) is 13.7. The summed E-state index contributed by atoms with van der Waals surface area (Å²) in [5.41, 5.74) is 1.09. The molecule has 29 heavy (non-hydrogen) atoms. The Morgan fingerprint density at radius 3 is 2.52 bits per heavy atom. The van der Waals surface area contributed by atoms with Crippen molar-refractivity contribution in [1.82, 2.24) is 20.1 Å². The first kappa shape index (κ1) is 22.2. The van der Waals surface area contributed by atoms with Gasteiger partial charge in [0.2, 0.25) is 0 Å². The molecule has 0 bridgehead atoms. The van der Waals surface area contributed by atoms with Crippen LogP contribution in [0, 0.1) is 0 Å². The molecule has 3 rings (SSSR count). The average Bonchev–Trinajstić information content (AvgIpc) is 3.09. The second-order valence-electron chi connectivity index (χ2n) is 5.99. The number of hydrogen-bond acceptors (Lipinski definition) is 4. The molecule has 0 atom stereocenters. The maximum atomic E-state index is 12.5. The van der Waals surface area contributed by atoms with E-state index in [0.29, 0.717) is 31.6 Å². The molecular weight excluding hydrogens is 474 g/mol. The monoisotopic (exact) mass is 488 g/mol. The second kappa shape index (κ2) is 10.0. The van der Waals surface area contributed by atoms with Gasteiger partial charge in [0.25, 0.3) is 5.91 Å². The summed E-state index contributed by atoms with van der Waals surface area (Å²) < 4.78 is 1.85. The minimum absolute atomic E-state index is 0.151. The lowest BCUT2D eigenvalue weighted by molar-refractivity contribution is 0.0950. The predicted molar refractivity (Wildman–Crippen MR) is 120 cm³/mol. The molecule has 0 unspecified atom stereocenters. The summed E-state index contributed by atoms with van der Waals surface area (Å²) in [7, 11) is 0. The summed E-state index contributed by atoms with van der Waals surface area (Å²) in [5.74, 6) is 1.10. The maximum Gasteiger partial charge on any atom is 0.253 e. The van der Waals surface area contributed by atoms with Crippen LogP contribution in [-0.2, 0) is 6.54 Å². The predicted octanol–water partition coefficient (Wildman–Crippen LogP) is 6.31. The van der Waals surface area contributed by atoms with E-state index in [-0.39, 0.29) is 17.5 Å². The van der Waals surface area contributed by atoms with Crippen molar-refractivity contribution in [3.05, 3.63) is 67.9 Å². The number of carbonyl (C=O) groups excluding carboxylic acids is 1. The number of thioether (sulfide) groups is 1. The maximum absolute atomic E-state index is 12.5. The Kier molecular flexibility index (Phi) is 7.71. The first-order valence-corrected chi connectivity index (χ1v) is 11.2. The van der Waals surface area contributed by atoms with Crippen molar-refractivity contribution >= 4 is 64.1 Å². The molecule has 5 nitrogen and oxygen atoms in total. The van der Waals surface area contributed by atoms with Gasteiger partial charge in [0.15, 0.2) is 11.0 Å². The number of nitrogens with zero attached hydrogens (tertiary/aromatic N) is 3. The molecule has 1 N–H and O–H groups in total. The lowest BCUT2D eigenvalue weighted by Crippen LogP contribution is -2.25. The molecule has 0 saturated carbocycles. The van der Waals surface area contributed by atoms with Crippen LogP contribution in [0.5, 0.6) is 0 Å². The molecule has 10 heteroatoms. The molecule has 1 heterocycles. The van der Waals surface area contributed by atoms with Gasteiger partial charge in [-0.15, -0.1) is 10.2 Å². The zero-order valence-electron chi connectivity index (χ0n) is 15.3. The number of hydrogen-bond donors (Lipinski definition) is 1. The van der Waals surface area contributed by atoms with E-state index < -0.39 is 0 Å². The van der Waals surface area contributed by atoms with Crippen molar-refractivity contribution in [2.24, 2.45) is 0 Å². The highest BCUT2D eigenvalue weighted by Crippen LogP contribution is 2.28. The van der Waals surface area contributed by atoms with Crippen LogP contribution in [0.2, 0.25) is 20.1 Å². The molecule has 0 aliphatic carbocycles. The van der Waals surface area contributed by atoms with Gasteiger partial charge < -0.3 is 5.32 Å². The van der Waals surface area contributed by atoms with Gasteiger partial charge in [-0.25, -0.2) is 0 Å². The Morgan fingerprint density at radius 1 is 1.03 bits per heavy atom. The molecule has 1 amide bonds. The van der Waals surface area contributed by atoms with E-state index in [4.69, 9.17) is 46.4 Å². The molecule has 152 valence electrons. The number of amides is 1. The highest BCUT2D eigenvalue weighted by molar-refractivity contribution is 7.99. The summed E-state index contributed by atoms with van der Waals surface area (Å²) in [6, 6.07) is 9.99. The van der Waals surface area contributed by atoms with Crippen LogP contribution in [0.3, 0.4) is 0 Å². The van der Waals surface area contributed by atoms with Gasteiger partial charge in [-0.1, -0.05) is 65.1 Å². The van der Waals surface area contributed by atoms with Gasteiger partial charge in [-0.2, -0.15) is 0 Å². The average molecular weight is 490 g/mol. The normalized spacial score (nSPS) is 10.9. The molecule has 0 spiro atoms. The number of nitrogens with one attached hydrogen (secondary N) is 1. The molecule has 1 aromatic heterocycles. The van der Waals surface area contributed by atoms with Gasteiger partial charge in [0, 0.05) is 10.8 Å². The Hall–Kier alpha value is -1.44. The fraction of sp³-hybridized carbons (Fsp3) is 0.211. The zero-order valence-corrected chi connectivity index (χ0v) is 19.1. The van der Waals surface area contributed by atoms with E-state index in [1.165, 1.54) is 6.07 Å². The van der Waals surface area contributed by atoms with Gasteiger partial charge in [0.1, 0.15) is 0 Å². The lowest BCUT2D eigenvalue weighted by Gasteiger charge is -2.12. The highest BCUT2D eigenvalue weighted by Gasteiger charge is 2.17. The van der Waals surface area contributed by atoms with Crippen molar-refractivity contribution in [2.75, 3.05) is 5.75 Å². The molecule has 2 aromatic carbocycles. The van der Waals surface area contributed by atoms with Crippen LogP contribution in [0.15, 0.2) is 41.6 Å². The number of benzene rings is 2. The Balaban J connectivity index is 1.87. The van der Waals surface area contributed by atoms with Crippen LogP contribution in [0.1, 0.15) is 29.5 Å². The Labute approximate surface area is 192 Å². The van der Waals surface area contributed by atoms with Crippen molar-refractivity contribution in [1.29, 1.82) is 0 Å². The molecule has 0 aliphatic rings. The van der Waals surface area contributed by atoms with E-state index in [0.717, 1.165) is 17.9 Å². The van der Waals surface area contributed by atoms with Crippen molar-refractivity contribution in [3.8, 4) is 5.69 Å². The standard InChI is InChI=1S/C19H16Cl4N4OS/c1-2-7-29-19-26-25-17(27(19)12-4-6-14(21)16(23)9-12)10-24-18(28)13-5-3-11(20)8-15(13)22/h3-6,8-9H,2,7,10H2,1H3,(H,24,28). The molecule has 0 aliphatic heterocycles. The highest BCUT2D eigenvalue weighted by atomic mass is 35.5. The van der Waals surface area contributed by atoms with Gasteiger partial charge in [-0.05, 0) is 42.8 Å². The number of aromatic nitrogens is 3. The minimum Gasteiger partial charge on any atom is -0.345 e. The Morgan fingerprint density at radius 2 is 1.83 bits per heavy atom. The summed E-state index contributed by atoms with van der Waals surface area (Å²) in [6.45, 7) is 2.24. The SMILES string of the molecule is CCCSc1nnc(CNC(=O)c2ccc(Cl)cc2Cl)n1-c1ccc(Cl)c(Cl)c1. The van der Waals surface area contributed by atoms with Crippen molar-refractivity contribution in [3.63, 3.8) is 0 Å². The van der Waals surface area contributed by atoms with Crippen molar-refractivity contribution < 1.29 is 4.79 Å². The largest absolute Gasteiger partial charge is 0.345 e. The first-order chi connectivity index (χ1) is 13.9. The second-order valence-corrected chi connectivity index (χ2v) is 8.71. The van der Waals surface area contributed by atoms with Crippen LogP contribution < -0.4 is 5.32 Å². The van der Waals surface area contributed by atoms with E-state index in [1.807, 2.05) is 10.6 Å². The lowest BCUT2D eigenvalue weighted by atomic mass is 10.2. The van der Waals surface area contributed by atoms with Crippen LogP contribution in [0.4, 0.5) is 0 Å². The van der Waals surface area contributed by atoms with Crippen LogP contribution in [0.25, 0.3) is 5.69 Å². The number of carbonyl (C=O) groups is 1. The fourth-order valence-corrected chi connectivity index (χ4v) is 4.13. The topological polar surface area (TPSA) is 59.8 Å². The van der Waals surface area contributed by atoms with Gasteiger partial charge >= 0.3 is 0 Å². The van der Waals surface area contributed by atoms with E-state index >= 15 is 0 Å². The summed E-state index contributed by atoms with van der Waals surface area (Å²) >= 11 is 25.8. The third-order valence-corrected chi connectivity index (χ3v) is 6.30. The van der Waals surface area contributed by atoms with Gasteiger partial charge in [-0.3, -0.25) is 9.36 Å². The smallest absolute Gasteiger partial charge is 0.253 e. The fourth-order valence-electron chi connectivity index (χ4n) is 2.51. The molecular formula is C19H16Cl4N4OS. The number of halogens is 4. The Bertz CT molecular complexity index is 1040. The van der Waals surface area contributed by atoms with Crippen LogP contribution in [-0.4, -0.2) is 26.4 Å². The number of rotatable bonds is 7. The summed E-state index contributed by atoms with van der Waals surface area (Å²) in [4.78, 5) is 12.5. The molecule has 0 radical (unpaired) electrons. The first-order valence-electron chi connectivity index (χ1n) is 8.66. The third kappa shape index (κ3) is 5.38. The van der Waals surface area contributed by atoms with Crippen molar-refractivity contribution in [2.45, 2.75) is 25.0 Å². The minimum atomic E-state index is -0.335.